The van der Waals surface area contributed by atoms with Gasteiger partial charge in [-0.2, -0.15) is 15.3 Å². The van der Waals surface area contributed by atoms with Crippen LogP contribution in [-0.4, -0.2) is 11.2 Å². The summed E-state index contributed by atoms with van der Waals surface area (Å²) in [6.45, 7) is 2.00. The molecule has 0 fully saturated rings. The normalized spacial score (nSPS) is 10.7. The molecule has 0 aliphatic carbocycles. The predicted octanol–water partition coefficient (Wildman–Crippen LogP) is 4.73. The smallest absolute Gasteiger partial charge is 0.252 e. The van der Waals surface area contributed by atoms with Crippen molar-refractivity contribution in [3.05, 3.63) is 69.8 Å². The molecule has 1 N–H and O–H groups in total. The number of hydrazone groups is 1. The number of nitriles is 1. The van der Waals surface area contributed by atoms with E-state index in [-0.39, 0.29) is 11.6 Å². The molecule has 0 saturated heterocycles. The van der Waals surface area contributed by atoms with Crippen molar-refractivity contribution in [3.8, 4) is 17.5 Å². The molecule has 6 heteroatoms. The van der Waals surface area contributed by atoms with E-state index in [1.165, 1.54) is 0 Å². The first-order valence-electron chi connectivity index (χ1n) is 7.19. The molecule has 0 saturated carbocycles. The first kappa shape index (κ1) is 16.0. The number of halogens is 1. The van der Waals surface area contributed by atoms with Gasteiger partial charge in [0.2, 0.25) is 11.6 Å². The van der Waals surface area contributed by atoms with Gasteiger partial charge in [0, 0.05) is 15.6 Å². The molecule has 0 atom stereocenters. The van der Waals surface area contributed by atoms with Crippen molar-refractivity contribution in [2.24, 2.45) is 5.10 Å². The molecule has 2 aromatic carbocycles. The first-order chi connectivity index (χ1) is 11.7. The lowest BCUT2D eigenvalue weighted by molar-refractivity contribution is 0.587. The fourth-order valence-electron chi connectivity index (χ4n) is 2.03. The lowest BCUT2D eigenvalue weighted by atomic mass is 10.1. The van der Waals surface area contributed by atoms with E-state index in [1.54, 1.807) is 6.21 Å². The molecule has 5 nitrogen and oxygen atoms in total. The highest BCUT2D eigenvalue weighted by molar-refractivity contribution is 9.10. The summed E-state index contributed by atoms with van der Waals surface area (Å²) in [4.78, 5) is 4.20. The van der Waals surface area contributed by atoms with Crippen molar-refractivity contribution in [1.29, 1.82) is 5.26 Å². The second-order valence-corrected chi connectivity index (χ2v) is 5.92. The average molecular weight is 381 g/mol. The molecule has 1 heterocycles. The molecule has 1 aromatic heterocycles. The zero-order chi connectivity index (χ0) is 16.9. The maximum Gasteiger partial charge on any atom is 0.252 e. The molecule has 0 amide bonds. The molecule has 0 aliphatic heterocycles. The zero-order valence-electron chi connectivity index (χ0n) is 12.8. The standard InChI is InChI=1S/C18H13BrN4O/c1-12-6-8-13(9-7-12)17-22-16(10-20)18(24-17)23-21-11-14-4-2-3-5-15(14)19/h2-9,11,23H,1H3. The van der Waals surface area contributed by atoms with Gasteiger partial charge in [-0.25, -0.2) is 5.43 Å². The topological polar surface area (TPSA) is 74.2 Å². The fraction of sp³-hybridized carbons (Fsp3) is 0.0556. The van der Waals surface area contributed by atoms with Crippen molar-refractivity contribution in [3.63, 3.8) is 0 Å². The van der Waals surface area contributed by atoms with Crippen molar-refractivity contribution in [2.75, 3.05) is 5.43 Å². The average Bonchev–Trinajstić information content (AvgIpc) is 3.00. The van der Waals surface area contributed by atoms with Crippen molar-refractivity contribution >= 4 is 28.0 Å². The van der Waals surface area contributed by atoms with Crippen molar-refractivity contribution in [1.82, 2.24) is 4.98 Å². The van der Waals surface area contributed by atoms with Gasteiger partial charge in [0.1, 0.15) is 6.07 Å². The number of nitrogens with one attached hydrogen (secondary N) is 1. The van der Waals surface area contributed by atoms with Gasteiger partial charge in [-0.3, -0.25) is 0 Å². The highest BCUT2D eigenvalue weighted by Crippen LogP contribution is 2.25. The Balaban J connectivity index is 1.82. The largest absolute Gasteiger partial charge is 0.417 e. The van der Waals surface area contributed by atoms with E-state index in [0.717, 1.165) is 21.2 Å². The predicted molar refractivity (Wildman–Crippen MR) is 96.7 cm³/mol. The number of aromatic nitrogens is 1. The number of hydrogen-bond donors (Lipinski definition) is 1. The number of benzene rings is 2. The van der Waals surface area contributed by atoms with Crippen LogP contribution < -0.4 is 5.43 Å². The van der Waals surface area contributed by atoms with Crippen LogP contribution in [0, 0.1) is 18.3 Å². The molecule has 3 aromatic rings. The summed E-state index contributed by atoms with van der Waals surface area (Å²) >= 11 is 3.44. The van der Waals surface area contributed by atoms with Crippen LogP contribution in [0.5, 0.6) is 0 Å². The Kier molecular flexibility index (Phi) is 4.73. The fourth-order valence-corrected chi connectivity index (χ4v) is 2.42. The summed E-state index contributed by atoms with van der Waals surface area (Å²) in [5.41, 5.74) is 5.75. The monoisotopic (exact) mass is 380 g/mol. The van der Waals surface area contributed by atoms with Crippen LogP contribution in [0.3, 0.4) is 0 Å². The molecular formula is C18H13BrN4O. The maximum atomic E-state index is 9.21. The lowest BCUT2D eigenvalue weighted by Crippen LogP contribution is -1.92. The van der Waals surface area contributed by atoms with Gasteiger partial charge in [0.15, 0.2) is 0 Å². The number of nitrogens with zero attached hydrogens (tertiary/aromatic N) is 3. The molecule has 0 bridgehead atoms. The Morgan fingerprint density at radius 1 is 1.21 bits per heavy atom. The van der Waals surface area contributed by atoms with E-state index in [2.05, 4.69) is 31.4 Å². The summed E-state index contributed by atoms with van der Waals surface area (Å²) < 4.78 is 6.55. The van der Waals surface area contributed by atoms with Crippen LogP contribution in [0.15, 0.2) is 62.5 Å². The van der Waals surface area contributed by atoms with E-state index >= 15 is 0 Å². The zero-order valence-corrected chi connectivity index (χ0v) is 14.4. The Morgan fingerprint density at radius 3 is 2.67 bits per heavy atom. The third-order valence-corrected chi connectivity index (χ3v) is 4.03. The van der Waals surface area contributed by atoms with Gasteiger partial charge in [-0.15, -0.1) is 0 Å². The molecule has 0 unspecified atom stereocenters. The summed E-state index contributed by atoms with van der Waals surface area (Å²) in [6, 6.07) is 17.4. The van der Waals surface area contributed by atoms with E-state index < -0.39 is 0 Å². The molecule has 0 radical (unpaired) electrons. The second-order valence-electron chi connectivity index (χ2n) is 5.07. The van der Waals surface area contributed by atoms with E-state index in [0.29, 0.717) is 5.89 Å². The SMILES string of the molecule is Cc1ccc(-c2nc(C#N)c(NN=Cc3ccccc3Br)o2)cc1. The maximum absolute atomic E-state index is 9.21. The second kappa shape index (κ2) is 7.11. The Labute approximate surface area is 147 Å². The number of hydrogen-bond acceptors (Lipinski definition) is 5. The lowest BCUT2D eigenvalue weighted by Gasteiger charge is -1.98. The minimum Gasteiger partial charge on any atom is -0.417 e. The van der Waals surface area contributed by atoms with Gasteiger partial charge in [0.05, 0.1) is 6.21 Å². The quantitative estimate of drug-likeness (QED) is 0.524. The summed E-state index contributed by atoms with van der Waals surface area (Å²) in [7, 11) is 0. The molecule has 118 valence electrons. The third-order valence-electron chi connectivity index (χ3n) is 3.31. The van der Waals surface area contributed by atoms with Crippen molar-refractivity contribution in [2.45, 2.75) is 6.92 Å². The molecule has 0 aliphatic rings. The first-order valence-corrected chi connectivity index (χ1v) is 7.98. The van der Waals surface area contributed by atoms with Crippen LogP contribution in [0.25, 0.3) is 11.5 Å². The molecular weight excluding hydrogens is 368 g/mol. The summed E-state index contributed by atoms with van der Waals surface area (Å²) in [5, 5.41) is 13.3. The van der Waals surface area contributed by atoms with Crippen LogP contribution in [0.1, 0.15) is 16.8 Å². The van der Waals surface area contributed by atoms with Crippen LogP contribution >= 0.6 is 15.9 Å². The highest BCUT2D eigenvalue weighted by Gasteiger charge is 2.13. The Hall–Kier alpha value is -2.91. The minimum absolute atomic E-state index is 0.162. The van der Waals surface area contributed by atoms with Crippen LogP contribution in [0.4, 0.5) is 5.88 Å². The molecule has 3 rings (SSSR count). The number of oxazole rings is 1. The highest BCUT2D eigenvalue weighted by atomic mass is 79.9. The third kappa shape index (κ3) is 3.53. The number of rotatable bonds is 4. The number of anilines is 1. The van der Waals surface area contributed by atoms with Gasteiger partial charge in [-0.05, 0) is 25.1 Å². The summed E-state index contributed by atoms with van der Waals surface area (Å²) in [6.07, 6.45) is 1.64. The van der Waals surface area contributed by atoms with Gasteiger partial charge >= 0.3 is 0 Å². The van der Waals surface area contributed by atoms with Gasteiger partial charge in [-0.1, -0.05) is 51.8 Å². The molecule has 24 heavy (non-hydrogen) atoms. The Morgan fingerprint density at radius 2 is 1.96 bits per heavy atom. The number of aryl methyl sites for hydroxylation is 1. The van der Waals surface area contributed by atoms with Crippen LogP contribution in [-0.2, 0) is 0 Å². The minimum atomic E-state index is 0.162. The molecule has 0 spiro atoms. The van der Waals surface area contributed by atoms with E-state index in [9.17, 15) is 5.26 Å². The Bertz CT molecular complexity index is 923. The van der Waals surface area contributed by atoms with E-state index in [1.807, 2.05) is 61.5 Å². The summed E-state index contributed by atoms with van der Waals surface area (Å²) in [5.74, 6) is 0.599. The van der Waals surface area contributed by atoms with Gasteiger partial charge in [0.25, 0.3) is 5.88 Å². The van der Waals surface area contributed by atoms with Crippen molar-refractivity contribution < 1.29 is 4.42 Å². The van der Waals surface area contributed by atoms with Gasteiger partial charge < -0.3 is 4.42 Å². The van der Waals surface area contributed by atoms with E-state index in [4.69, 9.17) is 4.42 Å². The van der Waals surface area contributed by atoms with Crippen LogP contribution in [0.2, 0.25) is 0 Å².